The van der Waals surface area contributed by atoms with Gasteiger partial charge in [0.15, 0.2) is 4.77 Å². The molecule has 3 rings (SSSR count). The first-order valence-corrected chi connectivity index (χ1v) is 9.28. The second kappa shape index (κ2) is 7.92. The van der Waals surface area contributed by atoms with Crippen LogP contribution in [0.25, 0.3) is 11.3 Å². The van der Waals surface area contributed by atoms with Crippen molar-refractivity contribution in [2.75, 3.05) is 6.54 Å². The maximum absolute atomic E-state index is 12.4. The van der Waals surface area contributed by atoms with Gasteiger partial charge in [0.1, 0.15) is 5.82 Å². The number of hydrogen-bond acceptors (Lipinski definition) is 4. The number of nitrogens with zero attached hydrogens (tertiary/aromatic N) is 3. The average molecular weight is 432 g/mol. The molecule has 0 fully saturated rings. The van der Waals surface area contributed by atoms with E-state index in [9.17, 15) is 4.79 Å². The lowest BCUT2D eigenvalue weighted by Gasteiger charge is -2.09. The fourth-order valence-corrected chi connectivity index (χ4v) is 3.15. The summed E-state index contributed by atoms with van der Waals surface area (Å²) in [6, 6.07) is 11.6. The number of carbonyl (C=O) groups is 1. The molecule has 2 heterocycles. The van der Waals surface area contributed by atoms with Gasteiger partial charge in [-0.15, -0.1) is 0 Å². The van der Waals surface area contributed by atoms with Crippen molar-refractivity contribution in [2.24, 2.45) is 7.05 Å². The predicted octanol–water partition coefficient (Wildman–Crippen LogP) is 3.58. The lowest BCUT2D eigenvalue weighted by atomic mass is 10.1. The van der Waals surface area contributed by atoms with Crippen LogP contribution < -0.4 is 5.32 Å². The Balaban J connectivity index is 1.68. The molecule has 0 spiro atoms. The summed E-state index contributed by atoms with van der Waals surface area (Å²) in [5.41, 5.74) is 3.10. The molecule has 0 aliphatic rings. The number of H-pyrrole nitrogens is 1. The maximum atomic E-state index is 12.4. The summed E-state index contributed by atoms with van der Waals surface area (Å²) in [6.45, 7) is 2.31. The molecule has 0 aliphatic carbocycles. The Labute approximate surface area is 164 Å². The monoisotopic (exact) mass is 431 g/mol. The molecule has 8 heteroatoms. The van der Waals surface area contributed by atoms with E-state index in [4.69, 9.17) is 12.2 Å². The third-order valence-electron chi connectivity index (χ3n) is 4.06. The van der Waals surface area contributed by atoms with E-state index >= 15 is 0 Å². The highest BCUT2D eigenvalue weighted by Gasteiger charge is 2.12. The van der Waals surface area contributed by atoms with Crippen molar-refractivity contribution >= 4 is 34.1 Å². The number of benzene rings is 1. The highest BCUT2D eigenvalue weighted by molar-refractivity contribution is 9.10. The molecule has 1 amide bonds. The highest BCUT2D eigenvalue weighted by atomic mass is 79.9. The quantitative estimate of drug-likeness (QED) is 0.605. The van der Waals surface area contributed by atoms with E-state index in [2.05, 4.69) is 36.4 Å². The van der Waals surface area contributed by atoms with Crippen LogP contribution >= 0.6 is 28.1 Å². The zero-order valence-corrected chi connectivity index (χ0v) is 16.8. The van der Waals surface area contributed by atoms with Crippen LogP contribution in [0, 0.1) is 11.7 Å². The zero-order chi connectivity index (χ0) is 18.7. The molecule has 0 unspecified atom stereocenters. The average Bonchev–Trinajstić information content (AvgIpc) is 2.93. The van der Waals surface area contributed by atoms with Crippen LogP contribution in [0.4, 0.5) is 0 Å². The van der Waals surface area contributed by atoms with E-state index in [1.54, 1.807) is 4.57 Å². The molecule has 2 aromatic heterocycles. The SMILES string of the molecule is Cc1nc(-c2cccc(Br)c2)ccc1C(=O)NCCc1n[nH]c(=S)n1C. The van der Waals surface area contributed by atoms with Crippen molar-refractivity contribution in [2.45, 2.75) is 13.3 Å². The fourth-order valence-electron chi connectivity index (χ4n) is 2.60. The Hall–Kier alpha value is -2.32. The molecule has 134 valence electrons. The Morgan fingerprint density at radius 1 is 1.35 bits per heavy atom. The Morgan fingerprint density at radius 2 is 2.15 bits per heavy atom. The first-order chi connectivity index (χ1) is 12.5. The molecular formula is C18H18BrN5OS. The molecule has 0 bridgehead atoms. The lowest BCUT2D eigenvalue weighted by Crippen LogP contribution is -2.27. The van der Waals surface area contributed by atoms with Crippen molar-refractivity contribution in [3.8, 4) is 11.3 Å². The summed E-state index contributed by atoms with van der Waals surface area (Å²) in [4.78, 5) is 17.0. The van der Waals surface area contributed by atoms with Crippen LogP contribution in [0.2, 0.25) is 0 Å². The van der Waals surface area contributed by atoms with Gasteiger partial charge < -0.3 is 9.88 Å². The molecule has 3 aromatic rings. The summed E-state index contributed by atoms with van der Waals surface area (Å²) in [5, 5.41) is 9.77. The number of rotatable bonds is 5. The number of halogens is 1. The van der Waals surface area contributed by atoms with Crippen molar-refractivity contribution in [1.29, 1.82) is 0 Å². The Morgan fingerprint density at radius 3 is 2.81 bits per heavy atom. The number of nitrogens with one attached hydrogen (secondary N) is 2. The summed E-state index contributed by atoms with van der Waals surface area (Å²) < 4.78 is 3.35. The van der Waals surface area contributed by atoms with Gasteiger partial charge >= 0.3 is 0 Å². The standard InChI is InChI=1S/C18H18BrN5OS/c1-11-14(6-7-15(21-11)12-4-3-5-13(19)10-12)17(25)20-9-8-16-22-23-18(26)24(16)2/h3-7,10H,8-9H2,1-2H3,(H,20,25)(H,23,26). The second-order valence-electron chi connectivity index (χ2n) is 5.85. The van der Waals surface area contributed by atoms with Gasteiger partial charge in [0.05, 0.1) is 17.0 Å². The van der Waals surface area contributed by atoms with E-state index in [1.807, 2.05) is 50.4 Å². The molecule has 0 saturated heterocycles. The highest BCUT2D eigenvalue weighted by Crippen LogP contribution is 2.22. The molecule has 0 radical (unpaired) electrons. The molecule has 6 nitrogen and oxygen atoms in total. The minimum atomic E-state index is -0.146. The third kappa shape index (κ3) is 4.08. The van der Waals surface area contributed by atoms with Gasteiger partial charge in [0.2, 0.25) is 0 Å². The number of hydrogen-bond donors (Lipinski definition) is 2. The van der Waals surface area contributed by atoms with Gasteiger partial charge in [-0.2, -0.15) is 5.10 Å². The topological polar surface area (TPSA) is 75.6 Å². The molecule has 26 heavy (non-hydrogen) atoms. The summed E-state index contributed by atoms with van der Waals surface area (Å²) in [7, 11) is 1.84. The van der Waals surface area contributed by atoms with Crippen molar-refractivity contribution in [3.05, 3.63) is 62.7 Å². The second-order valence-corrected chi connectivity index (χ2v) is 7.15. The van der Waals surface area contributed by atoms with Gasteiger partial charge in [0.25, 0.3) is 5.91 Å². The molecular weight excluding hydrogens is 414 g/mol. The first-order valence-electron chi connectivity index (χ1n) is 8.08. The van der Waals surface area contributed by atoms with Crippen LogP contribution in [-0.2, 0) is 13.5 Å². The minimum absolute atomic E-state index is 0.146. The Kier molecular flexibility index (Phi) is 5.63. The first kappa shape index (κ1) is 18.5. The summed E-state index contributed by atoms with van der Waals surface area (Å²) in [6.07, 6.45) is 0.595. The van der Waals surface area contributed by atoms with Crippen molar-refractivity contribution < 1.29 is 4.79 Å². The minimum Gasteiger partial charge on any atom is -0.352 e. The lowest BCUT2D eigenvalue weighted by molar-refractivity contribution is 0.0953. The normalized spacial score (nSPS) is 10.7. The van der Waals surface area contributed by atoms with E-state index in [0.717, 1.165) is 21.6 Å². The van der Waals surface area contributed by atoms with Crippen molar-refractivity contribution in [3.63, 3.8) is 0 Å². The van der Waals surface area contributed by atoms with E-state index in [1.165, 1.54) is 0 Å². The molecule has 0 atom stereocenters. The maximum Gasteiger partial charge on any atom is 0.253 e. The van der Waals surface area contributed by atoms with Gasteiger partial charge in [-0.3, -0.25) is 14.9 Å². The summed E-state index contributed by atoms with van der Waals surface area (Å²) in [5.74, 6) is 0.655. The van der Waals surface area contributed by atoms with Crippen LogP contribution in [0.3, 0.4) is 0 Å². The number of pyridine rings is 1. The number of carbonyl (C=O) groups excluding carboxylic acids is 1. The van der Waals surface area contributed by atoms with Crippen molar-refractivity contribution in [1.82, 2.24) is 25.1 Å². The summed E-state index contributed by atoms with van der Waals surface area (Å²) >= 11 is 8.54. The van der Waals surface area contributed by atoms with Crippen LogP contribution in [-0.4, -0.2) is 32.2 Å². The largest absolute Gasteiger partial charge is 0.352 e. The van der Waals surface area contributed by atoms with Gasteiger partial charge in [-0.25, -0.2) is 0 Å². The number of amides is 1. The van der Waals surface area contributed by atoms with E-state index < -0.39 is 0 Å². The fraction of sp³-hybridized carbons (Fsp3) is 0.222. The van der Waals surface area contributed by atoms with E-state index in [0.29, 0.717) is 29.0 Å². The van der Waals surface area contributed by atoms with Crippen LogP contribution in [0.1, 0.15) is 21.9 Å². The number of aromatic nitrogens is 4. The molecule has 0 aliphatic heterocycles. The molecule has 2 N–H and O–H groups in total. The number of aryl methyl sites for hydroxylation is 1. The smallest absolute Gasteiger partial charge is 0.253 e. The van der Waals surface area contributed by atoms with Gasteiger partial charge in [0, 0.05) is 30.0 Å². The zero-order valence-electron chi connectivity index (χ0n) is 14.4. The van der Waals surface area contributed by atoms with Gasteiger partial charge in [-0.1, -0.05) is 28.1 Å². The predicted molar refractivity (Wildman–Crippen MR) is 107 cm³/mol. The van der Waals surface area contributed by atoms with Gasteiger partial charge in [-0.05, 0) is 43.4 Å². The van der Waals surface area contributed by atoms with Crippen LogP contribution in [0.15, 0.2) is 40.9 Å². The third-order valence-corrected chi connectivity index (χ3v) is 4.92. The Bertz CT molecular complexity index is 1010. The molecule has 0 saturated carbocycles. The van der Waals surface area contributed by atoms with Crippen LogP contribution in [0.5, 0.6) is 0 Å². The van der Waals surface area contributed by atoms with E-state index in [-0.39, 0.29) is 5.91 Å². The molecule has 1 aromatic carbocycles. The number of aromatic amines is 1.